The van der Waals surface area contributed by atoms with Crippen molar-refractivity contribution in [3.63, 3.8) is 0 Å². The van der Waals surface area contributed by atoms with E-state index in [1.54, 1.807) is 10.6 Å². The maximum Gasteiger partial charge on any atom is 0.262 e. The van der Waals surface area contributed by atoms with Crippen LogP contribution in [0.15, 0.2) is 64.5 Å². The molecule has 2 heterocycles. The van der Waals surface area contributed by atoms with Crippen molar-refractivity contribution in [2.45, 2.75) is 45.8 Å². The molecule has 0 atom stereocenters. The molecule has 2 aromatic heterocycles. The third kappa shape index (κ3) is 5.07. The topological polar surface area (TPSA) is 81.8 Å². The second-order valence-corrected chi connectivity index (χ2v) is 9.62. The normalized spacial score (nSPS) is 11.3. The number of hydrogen-bond acceptors (Lipinski definition) is 5. The monoisotopic (exact) mass is 475 g/mol. The quantitative estimate of drug-likeness (QED) is 0.287. The molecule has 0 bridgehead atoms. The number of nitrogens with zero attached hydrogens (tertiary/aromatic N) is 4. The fraction of sp³-hybridized carbons (Fsp3) is 0.308. The minimum absolute atomic E-state index is 0.0648. The first-order valence-corrected chi connectivity index (χ1v) is 12.4. The number of rotatable bonds is 8. The molecule has 2 aromatic carbocycles. The number of benzene rings is 2. The molecule has 8 heteroatoms. The Bertz CT molecular complexity index is 1380. The van der Waals surface area contributed by atoms with Gasteiger partial charge in [0, 0.05) is 6.54 Å². The Morgan fingerprint density at radius 1 is 1.06 bits per heavy atom. The number of para-hydroxylation sites is 2. The molecular formula is C26H29N5O2S. The van der Waals surface area contributed by atoms with E-state index in [1.807, 2.05) is 67.1 Å². The van der Waals surface area contributed by atoms with E-state index < -0.39 is 0 Å². The number of nitrogens with one attached hydrogen (secondary N) is 1. The third-order valence-electron chi connectivity index (χ3n) is 5.65. The zero-order chi connectivity index (χ0) is 24.2. The maximum absolute atomic E-state index is 13.1. The van der Waals surface area contributed by atoms with Crippen molar-refractivity contribution >= 4 is 34.3 Å². The van der Waals surface area contributed by atoms with Crippen LogP contribution < -0.4 is 10.9 Å². The first kappa shape index (κ1) is 23.8. The molecular weight excluding hydrogens is 446 g/mol. The molecule has 7 nitrogen and oxygen atoms in total. The fourth-order valence-corrected chi connectivity index (χ4v) is 4.62. The highest BCUT2D eigenvalue weighted by atomic mass is 32.2. The van der Waals surface area contributed by atoms with Crippen molar-refractivity contribution in [2.75, 3.05) is 11.1 Å². The summed E-state index contributed by atoms with van der Waals surface area (Å²) in [5, 5.41) is 8.75. The molecule has 0 aliphatic carbocycles. The van der Waals surface area contributed by atoms with Crippen LogP contribution in [0.1, 0.15) is 31.7 Å². The van der Waals surface area contributed by atoms with Crippen LogP contribution in [0, 0.1) is 19.8 Å². The van der Waals surface area contributed by atoms with Crippen LogP contribution in [-0.4, -0.2) is 31.0 Å². The van der Waals surface area contributed by atoms with E-state index in [1.165, 1.54) is 11.8 Å². The van der Waals surface area contributed by atoms with Gasteiger partial charge in [0.15, 0.2) is 5.16 Å². The number of hydrogen-bond donors (Lipinski definition) is 1. The largest absolute Gasteiger partial charge is 0.322 e. The molecule has 4 aromatic rings. The van der Waals surface area contributed by atoms with Gasteiger partial charge in [-0.25, -0.2) is 9.67 Å². The standard InChI is InChI=1S/C26H29N5O2S/c1-17(2)14-15-30-25(33)21-12-8-9-13-22(21)27-26(30)34-16-23(32)28-24-18(3)29-31(19(24)4)20-10-6-5-7-11-20/h5-13,17H,14-16H2,1-4H3,(H,28,32). The molecule has 0 saturated carbocycles. The van der Waals surface area contributed by atoms with Gasteiger partial charge in [-0.05, 0) is 50.5 Å². The van der Waals surface area contributed by atoms with Gasteiger partial charge in [-0.15, -0.1) is 0 Å². The van der Waals surface area contributed by atoms with Crippen molar-refractivity contribution in [3.8, 4) is 5.69 Å². The minimum Gasteiger partial charge on any atom is -0.322 e. The van der Waals surface area contributed by atoms with Gasteiger partial charge < -0.3 is 5.32 Å². The lowest BCUT2D eigenvalue weighted by atomic mass is 10.1. The lowest BCUT2D eigenvalue weighted by Gasteiger charge is -2.14. The number of aromatic nitrogens is 4. The van der Waals surface area contributed by atoms with Crippen LogP contribution in [-0.2, 0) is 11.3 Å². The summed E-state index contributed by atoms with van der Waals surface area (Å²) in [5.41, 5.74) is 3.83. The van der Waals surface area contributed by atoms with E-state index in [9.17, 15) is 9.59 Å². The van der Waals surface area contributed by atoms with Gasteiger partial charge in [0.1, 0.15) is 0 Å². The van der Waals surface area contributed by atoms with E-state index >= 15 is 0 Å². The Hall–Kier alpha value is -3.39. The Morgan fingerprint density at radius 3 is 2.50 bits per heavy atom. The zero-order valence-corrected chi connectivity index (χ0v) is 20.7. The molecule has 0 spiro atoms. The Balaban J connectivity index is 1.54. The molecule has 1 amide bonds. The van der Waals surface area contributed by atoms with Crippen LogP contribution in [0.2, 0.25) is 0 Å². The average molecular weight is 476 g/mol. The van der Waals surface area contributed by atoms with Crippen LogP contribution in [0.3, 0.4) is 0 Å². The van der Waals surface area contributed by atoms with Gasteiger partial charge in [0.2, 0.25) is 5.91 Å². The zero-order valence-electron chi connectivity index (χ0n) is 19.9. The van der Waals surface area contributed by atoms with Gasteiger partial charge in [-0.3, -0.25) is 14.2 Å². The molecule has 34 heavy (non-hydrogen) atoms. The van der Waals surface area contributed by atoms with Gasteiger partial charge in [-0.2, -0.15) is 5.10 Å². The predicted molar refractivity (Wildman–Crippen MR) is 138 cm³/mol. The summed E-state index contributed by atoms with van der Waals surface area (Å²) in [4.78, 5) is 30.7. The summed E-state index contributed by atoms with van der Waals surface area (Å²) in [6.07, 6.45) is 0.858. The van der Waals surface area contributed by atoms with Crippen molar-refractivity contribution in [3.05, 3.63) is 76.3 Å². The SMILES string of the molecule is Cc1nn(-c2ccccc2)c(C)c1NC(=O)CSc1nc2ccccc2c(=O)n1CCC(C)C. The van der Waals surface area contributed by atoms with E-state index in [0.29, 0.717) is 34.2 Å². The van der Waals surface area contributed by atoms with Gasteiger partial charge >= 0.3 is 0 Å². The average Bonchev–Trinajstić information content (AvgIpc) is 3.11. The highest BCUT2D eigenvalue weighted by Gasteiger charge is 2.17. The lowest BCUT2D eigenvalue weighted by molar-refractivity contribution is -0.113. The summed E-state index contributed by atoms with van der Waals surface area (Å²) in [6.45, 7) is 8.63. The smallest absolute Gasteiger partial charge is 0.262 e. The van der Waals surface area contributed by atoms with E-state index in [0.717, 1.165) is 23.5 Å². The lowest BCUT2D eigenvalue weighted by Crippen LogP contribution is -2.25. The molecule has 0 saturated heterocycles. The van der Waals surface area contributed by atoms with Crippen molar-refractivity contribution in [1.82, 2.24) is 19.3 Å². The van der Waals surface area contributed by atoms with Gasteiger partial charge in [0.25, 0.3) is 5.56 Å². The Labute approximate surface area is 203 Å². The number of carbonyl (C=O) groups excluding carboxylic acids is 1. The minimum atomic E-state index is -0.165. The Morgan fingerprint density at radius 2 is 1.76 bits per heavy atom. The molecule has 0 aliphatic heterocycles. The highest BCUT2D eigenvalue weighted by Crippen LogP contribution is 2.24. The highest BCUT2D eigenvalue weighted by molar-refractivity contribution is 7.99. The summed E-state index contributed by atoms with van der Waals surface area (Å²) in [5.74, 6) is 0.426. The molecule has 1 N–H and O–H groups in total. The molecule has 176 valence electrons. The first-order valence-electron chi connectivity index (χ1n) is 11.4. The number of amides is 1. The van der Waals surface area contributed by atoms with Crippen LogP contribution in [0.5, 0.6) is 0 Å². The van der Waals surface area contributed by atoms with Crippen molar-refractivity contribution in [2.24, 2.45) is 5.92 Å². The summed E-state index contributed by atoms with van der Waals surface area (Å²) in [7, 11) is 0. The number of thioether (sulfide) groups is 1. The van der Waals surface area contributed by atoms with Crippen LogP contribution in [0.4, 0.5) is 5.69 Å². The molecule has 4 rings (SSSR count). The molecule has 0 radical (unpaired) electrons. The van der Waals surface area contributed by atoms with E-state index in [4.69, 9.17) is 4.98 Å². The van der Waals surface area contributed by atoms with Crippen LogP contribution >= 0.6 is 11.8 Å². The third-order valence-corrected chi connectivity index (χ3v) is 6.62. The van der Waals surface area contributed by atoms with E-state index in [2.05, 4.69) is 24.3 Å². The molecule has 0 aliphatic rings. The summed E-state index contributed by atoms with van der Waals surface area (Å²) < 4.78 is 3.52. The number of aryl methyl sites for hydroxylation is 1. The number of carbonyl (C=O) groups is 1. The second-order valence-electron chi connectivity index (χ2n) is 8.68. The summed E-state index contributed by atoms with van der Waals surface area (Å²) >= 11 is 1.28. The number of fused-ring (bicyclic) bond motifs is 1. The number of anilines is 1. The molecule has 0 fully saturated rings. The first-order chi connectivity index (χ1) is 16.3. The van der Waals surface area contributed by atoms with Crippen molar-refractivity contribution in [1.29, 1.82) is 0 Å². The second kappa shape index (κ2) is 10.3. The summed E-state index contributed by atoms with van der Waals surface area (Å²) in [6, 6.07) is 17.2. The van der Waals surface area contributed by atoms with E-state index in [-0.39, 0.29) is 17.2 Å². The van der Waals surface area contributed by atoms with Crippen molar-refractivity contribution < 1.29 is 4.79 Å². The maximum atomic E-state index is 13.1. The fourth-order valence-electron chi connectivity index (χ4n) is 3.79. The van der Waals surface area contributed by atoms with Gasteiger partial charge in [-0.1, -0.05) is 55.9 Å². The predicted octanol–water partition coefficient (Wildman–Crippen LogP) is 4.98. The van der Waals surface area contributed by atoms with Crippen LogP contribution in [0.25, 0.3) is 16.6 Å². The Kier molecular flexibility index (Phi) is 7.17. The van der Waals surface area contributed by atoms with Gasteiger partial charge in [0.05, 0.1) is 39.4 Å². The molecule has 0 unspecified atom stereocenters.